The second kappa shape index (κ2) is 5.86. The lowest BCUT2D eigenvalue weighted by Crippen LogP contribution is -2.31. The Hall–Kier alpha value is -1.56. The molecule has 0 bridgehead atoms. The molecule has 18 heavy (non-hydrogen) atoms. The number of halogens is 2. The van der Waals surface area contributed by atoms with Gasteiger partial charge in [0.15, 0.2) is 0 Å². The van der Waals surface area contributed by atoms with Crippen molar-refractivity contribution in [1.29, 1.82) is 0 Å². The highest BCUT2D eigenvalue weighted by Gasteiger charge is 2.22. The molecule has 3 nitrogen and oxygen atoms in total. The number of hydrogen-bond acceptors (Lipinski definition) is 2. The maximum atomic E-state index is 13.7. The van der Waals surface area contributed by atoms with Crippen molar-refractivity contribution in [3.05, 3.63) is 34.9 Å². The summed E-state index contributed by atoms with van der Waals surface area (Å²) in [4.78, 5) is 13.4. The van der Waals surface area contributed by atoms with Crippen LogP contribution in [-0.4, -0.2) is 29.4 Å². The summed E-state index contributed by atoms with van der Waals surface area (Å²) in [6.45, 7) is 1.70. The molecule has 1 amide bonds. The SMILES string of the molecule is Cc1ccc(F)c(C(=O)N(C)CCC(N)=S)c1F. The molecule has 98 valence electrons. The average Bonchev–Trinajstić information content (AvgIpc) is 2.31. The van der Waals surface area contributed by atoms with Crippen molar-refractivity contribution in [2.24, 2.45) is 5.73 Å². The molecule has 0 heterocycles. The van der Waals surface area contributed by atoms with E-state index >= 15 is 0 Å². The second-order valence-electron chi connectivity index (χ2n) is 4.00. The molecule has 0 saturated carbocycles. The van der Waals surface area contributed by atoms with E-state index in [9.17, 15) is 13.6 Å². The van der Waals surface area contributed by atoms with Gasteiger partial charge in [0.1, 0.15) is 17.2 Å². The molecule has 1 aromatic rings. The Labute approximate surface area is 110 Å². The number of rotatable bonds is 4. The third kappa shape index (κ3) is 3.22. The molecule has 0 unspecified atom stereocenters. The van der Waals surface area contributed by atoms with Crippen LogP contribution in [0.4, 0.5) is 8.78 Å². The number of carbonyl (C=O) groups excluding carboxylic acids is 1. The van der Waals surface area contributed by atoms with Crippen LogP contribution in [0.15, 0.2) is 12.1 Å². The van der Waals surface area contributed by atoms with Gasteiger partial charge in [-0.2, -0.15) is 0 Å². The quantitative estimate of drug-likeness (QED) is 0.853. The molecule has 2 N–H and O–H groups in total. The smallest absolute Gasteiger partial charge is 0.259 e. The van der Waals surface area contributed by atoms with Crippen LogP contribution in [0.2, 0.25) is 0 Å². The van der Waals surface area contributed by atoms with Gasteiger partial charge in [-0.25, -0.2) is 8.78 Å². The molecule has 0 aliphatic heterocycles. The maximum Gasteiger partial charge on any atom is 0.259 e. The van der Waals surface area contributed by atoms with E-state index in [2.05, 4.69) is 12.2 Å². The van der Waals surface area contributed by atoms with E-state index in [0.29, 0.717) is 6.42 Å². The Kier molecular flexibility index (Phi) is 4.72. The molecule has 0 saturated heterocycles. The minimum Gasteiger partial charge on any atom is -0.393 e. The lowest BCUT2D eigenvalue weighted by Gasteiger charge is -2.18. The van der Waals surface area contributed by atoms with E-state index in [4.69, 9.17) is 5.73 Å². The van der Waals surface area contributed by atoms with Gasteiger partial charge in [0.25, 0.3) is 5.91 Å². The van der Waals surface area contributed by atoms with E-state index in [1.165, 1.54) is 24.9 Å². The van der Waals surface area contributed by atoms with Crippen LogP contribution >= 0.6 is 12.2 Å². The number of benzene rings is 1. The molecule has 0 radical (unpaired) electrons. The maximum absolute atomic E-state index is 13.7. The van der Waals surface area contributed by atoms with Crippen LogP contribution < -0.4 is 5.73 Å². The van der Waals surface area contributed by atoms with E-state index in [1.807, 2.05) is 0 Å². The highest BCUT2D eigenvalue weighted by molar-refractivity contribution is 7.80. The van der Waals surface area contributed by atoms with Gasteiger partial charge in [0, 0.05) is 20.0 Å². The number of thiocarbonyl (C=S) groups is 1. The number of amides is 1. The highest BCUT2D eigenvalue weighted by atomic mass is 32.1. The summed E-state index contributed by atoms with van der Waals surface area (Å²) in [5, 5.41) is 0. The van der Waals surface area contributed by atoms with Gasteiger partial charge in [-0.15, -0.1) is 0 Å². The Bertz CT molecular complexity index is 491. The molecule has 0 atom stereocenters. The number of nitrogens with two attached hydrogens (primary N) is 1. The van der Waals surface area contributed by atoms with Crippen molar-refractivity contribution in [3.8, 4) is 0 Å². The van der Waals surface area contributed by atoms with Crippen molar-refractivity contribution in [3.63, 3.8) is 0 Å². The molecule has 6 heteroatoms. The van der Waals surface area contributed by atoms with E-state index < -0.39 is 23.1 Å². The molecular weight excluding hydrogens is 258 g/mol. The molecule has 1 aromatic carbocycles. The van der Waals surface area contributed by atoms with E-state index in [-0.39, 0.29) is 17.1 Å². The van der Waals surface area contributed by atoms with E-state index in [0.717, 1.165) is 6.07 Å². The van der Waals surface area contributed by atoms with Gasteiger partial charge in [-0.05, 0) is 18.6 Å². The normalized spacial score (nSPS) is 10.2. The van der Waals surface area contributed by atoms with Crippen LogP contribution in [0, 0.1) is 18.6 Å². The summed E-state index contributed by atoms with van der Waals surface area (Å²) >= 11 is 4.68. The first kappa shape index (κ1) is 14.5. The monoisotopic (exact) mass is 272 g/mol. The lowest BCUT2D eigenvalue weighted by atomic mass is 10.1. The number of nitrogens with zero attached hydrogens (tertiary/aromatic N) is 1. The number of carbonyl (C=O) groups is 1. The summed E-state index contributed by atoms with van der Waals surface area (Å²) in [5.74, 6) is -2.42. The second-order valence-corrected chi connectivity index (χ2v) is 4.52. The highest BCUT2D eigenvalue weighted by Crippen LogP contribution is 2.17. The minimum atomic E-state index is -0.870. The molecule has 0 aromatic heterocycles. The summed E-state index contributed by atoms with van der Waals surface area (Å²) in [6, 6.07) is 2.36. The topological polar surface area (TPSA) is 46.3 Å². The fraction of sp³-hybridized carbons (Fsp3) is 0.333. The predicted molar refractivity (Wildman–Crippen MR) is 69.5 cm³/mol. The van der Waals surface area contributed by atoms with Crippen LogP contribution in [0.1, 0.15) is 22.3 Å². The number of hydrogen-bond donors (Lipinski definition) is 1. The van der Waals surface area contributed by atoms with Gasteiger partial charge in [0.2, 0.25) is 0 Å². The zero-order chi connectivity index (χ0) is 13.9. The zero-order valence-corrected chi connectivity index (χ0v) is 11.0. The van der Waals surface area contributed by atoms with Crippen molar-refractivity contribution < 1.29 is 13.6 Å². The van der Waals surface area contributed by atoms with Crippen LogP contribution in [0.5, 0.6) is 0 Å². The third-order valence-corrected chi connectivity index (χ3v) is 2.74. The first-order valence-corrected chi connectivity index (χ1v) is 5.73. The van der Waals surface area contributed by atoms with Crippen LogP contribution in [-0.2, 0) is 0 Å². The lowest BCUT2D eigenvalue weighted by molar-refractivity contribution is 0.0789. The van der Waals surface area contributed by atoms with Gasteiger partial charge in [-0.3, -0.25) is 4.79 Å². The first-order valence-electron chi connectivity index (χ1n) is 5.33. The Morgan fingerprint density at radius 3 is 2.61 bits per heavy atom. The standard InChI is InChI=1S/C12H14F2N2OS/c1-7-3-4-8(13)10(11(7)14)12(17)16(2)6-5-9(15)18/h3-4H,5-6H2,1-2H3,(H2,15,18). The van der Waals surface area contributed by atoms with Crippen LogP contribution in [0.25, 0.3) is 0 Å². The van der Waals surface area contributed by atoms with Gasteiger partial charge in [0.05, 0.1) is 4.99 Å². The Morgan fingerprint density at radius 2 is 2.06 bits per heavy atom. The van der Waals surface area contributed by atoms with Crippen molar-refractivity contribution in [2.45, 2.75) is 13.3 Å². The van der Waals surface area contributed by atoms with E-state index in [1.54, 1.807) is 0 Å². The third-order valence-electron chi connectivity index (χ3n) is 2.54. The largest absolute Gasteiger partial charge is 0.393 e. The average molecular weight is 272 g/mol. The Morgan fingerprint density at radius 1 is 1.44 bits per heavy atom. The molecule has 0 fully saturated rings. The van der Waals surface area contributed by atoms with Crippen molar-refractivity contribution >= 4 is 23.1 Å². The van der Waals surface area contributed by atoms with Crippen molar-refractivity contribution in [2.75, 3.05) is 13.6 Å². The summed E-state index contributed by atoms with van der Waals surface area (Å²) in [5.41, 5.74) is 4.99. The minimum absolute atomic E-state index is 0.223. The Balaban J connectivity index is 2.97. The fourth-order valence-electron chi connectivity index (χ4n) is 1.42. The van der Waals surface area contributed by atoms with Gasteiger partial charge in [-0.1, -0.05) is 18.3 Å². The predicted octanol–water partition coefficient (Wildman–Crippen LogP) is 2.02. The fourth-order valence-corrected chi connectivity index (χ4v) is 1.51. The van der Waals surface area contributed by atoms with Crippen molar-refractivity contribution in [1.82, 2.24) is 4.90 Å². The summed E-state index contributed by atoms with van der Waals surface area (Å²) in [6.07, 6.45) is 0.312. The molecule has 0 aliphatic carbocycles. The van der Waals surface area contributed by atoms with Crippen LogP contribution in [0.3, 0.4) is 0 Å². The molecule has 0 spiro atoms. The first-order chi connectivity index (χ1) is 8.34. The molecule has 1 rings (SSSR count). The molecule has 0 aliphatic rings. The van der Waals surface area contributed by atoms with Gasteiger partial charge >= 0.3 is 0 Å². The number of aryl methyl sites for hydroxylation is 1. The van der Waals surface area contributed by atoms with Gasteiger partial charge < -0.3 is 10.6 Å². The summed E-state index contributed by atoms with van der Waals surface area (Å²) < 4.78 is 27.2. The molecular formula is C12H14F2N2OS. The zero-order valence-electron chi connectivity index (χ0n) is 10.2. The summed E-state index contributed by atoms with van der Waals surface area (Å²) in [7, 11) is 1.45.